The first kappa shape index (κ1) is 12.3. The van der Waals surface area contributed by atoms with Crippen molar-refractivity contribution in [2.45, 2.75) is 13.3 Å². The first-order chi connectivity index (χ1) is 9.61. The number of aryl methyl sites for hydroxylation is 1. The number of fused-ring (bicyclic) bond motifs is 1. The maximum Gasteiger partial charge on any atom is 0.256 e. The summed E-state index contributed by atoms with van der Waals surface area (Å²) in [5.41, 5.74) is 2.98. The Kier molecular flexibility index (Phi) is 2.95. The molecular weight excluding hydrogens is 254 g/mol. The van der Waals surface area contributed by atoms with E-state index in [1.807, 2.05) is 19.1 Å². The molecule has 0 bridgehead atoms. The number of benzene rings is 1. The molecule has 1 aromatic heterocycles. The first-order valence-corrected chi connectivity index (χ1v) is 6.29. The van der Waals surface area contributed by atoms with Crippen molar-refractivity contribution in [3.8, 4) is 0 Å². The molecule has 0 atom stereocenters. The second-order valence-corrected chi connectivity index (χ2v) is 4.72. The molecule has 0 unspecified atom stereocenters. The molecule has 1 aromatic carbocycles. The average Bonchev–Trinajstić information content (AvgIpc) is 2.77. The summed E-state index contributed by atoms with van der Waals surface area (Å²) in [6.07, 6.45) is 0.319. The summed E-state index contributed by atoms with van der Waals surface area (Å²) < 4.78 is 0. The lowest BCUT2D eigenvalue weighted by Gasteiger charge is -2.06. The van der Waals surface area contributed by atoms with Crippen LogP contribution in [-0.2, 0) is 11.2 Å². The molecule has 0 saturated carbocycles. The highest BCUT2D eigenvalue weighted by molar-refractivity contribution is 6.06. The number of carbonyl (C=O) groups excluding carboxylic acids is 2. The summed E-state index contributed by atoms with van der Waals surface area (Å²) in [6.45, 7) is 1.86. The van der Waals surface area contributed by atoms with Gasteiger partial charge in [-0.05, 0) is 42.8 Å². The number of hydrogen-bond acceptors (Lipinski definition) is 3. The van der Waals surface area contributed by atoms with Crippen molar-refractivity contribution in [2.75, 3.05) is 10.6 Å². The lowest BCUT2D eigenvalue weighted by atomic mass is 10.1. The third-order valence-electron chi connectivity index (χ3n) is 3.12. The lowest BCUT2D eigenvalue weighted by molar-refractivity contribution is -0.115. The first-order valence-electron chi connectivity index (χ1n) is 6.29. The van der Waals surface area contributed by atoms with Gasteiger partial charge in [0.15, 0.2) is 0 Å². The SMILES string of the molecule is Cc1cccc(NC(=O)c2ccc3c(c2)CC(=O)N3)n1. The Morgan fingerprint density at radius 2 is 2.15 bits per heavy atom. The van der Waals surface area contributed by atoms with Gasteiger partial charge in [-0.25, -0.2) is 4.98 Å². The van der Waals surface area contributed by atoms with Gasteiger partial charge in [0.1, 0.15) is 5.82 Å². The number of nitrogens with zero attached hydrogens (tertiary/aromatic N) is 1. The monoisotopic (exact) mass is 267 g/mol. The van der Waals surface area contributed by atoms with Gasteiger partial charge in [0.25, 0.3) is 5.91 Å². The molecule has 5 heteroatoms. The molecule has 1 aliphatic rings. The van der Waals surface area contributed by atoms with Gasteiger partial charge in [-0.1, -0.05) is 6.07 Å². The van der Waals surface area contributed by atoms with E-state index in [-0.39, 0.29) is 11.8 Å². The van der Waals surface area contributed by atoms with Crippen LogP contribution >= 0.6 is 0 Å². The van der Waals surface area contributed by atoms with E-state index < -0.39 is 0 Å². The smallest absolute Gasteiger partial charge is 0.256 e. The van der Waals surface area contributed by atoms with Crippen LogP contribution in [0.2, 0.25) is 0 Å². The van der Waals surface area contributed by atoms with Gasteiger partial charge in [-0.2, -0.15) is 0 Å². The van der Waals surface area contributed by atoms with Crippen LogP contribution in [0.15, 0.2) is 36.4 Å². The topological polar surface area (TPSA) is 71.1 Å². The van der Waals surface area contributed by atoms with Gasteiger partial charge in [-0.15, -0.1) is 0 Å². The fourth-order valence-corrected chi connectivity index (χ4v) is 2.17. The van der Waals surface area contributed by atoms with E-state index in [9.17, 15) is 9.59 Å². The van der Waals surface area contributed by atoms with Crippen molar-refractivity contribution in [1.82, 2.24) is 4.98 Å². The predicted molar refractivity (Wildman–Crippen MR) is 75.7 cm³/mol. The molecule has 100 valence electrons. The number of aromatic nitrogens is 1. The van der Waals surface area contributed by atoms with Crippen molar-refractivity contribution in [2.24, 2.45) is 0 Å². The second-order valence-electron chi connectivity index (χ2n) is 4.72. The second kappa shape index (κ2) is 4.77. The highest BCUT2D eigenvalue weighted by Gasteiger charge is 2.19. The highest BCUT2D eigenvalue weighted by atomic mass is 16.2. The Labute approximate surface area is 116 Å². The van der Waals surface area contributed by atoms with Crippen molar-refractivity contribution in [3.05, 3.63) is 53.2 Å². The minimum Gasteiger partial charge on any atom is -0.326 e. The van der Waals surface area contributed by atoms with Crippen LogP contribution < -0.4 is 10.6 Å². The summed E-state index contributed by atoms with van der Waals surface area (Å²) in [5.74, 6) is 0.243. The Morgan fingerprint density at radius 3 is 2.95 bits per heavy atom. The van der Waals surface area contributed by atoms with Gasteiger partial charge in [0, 0.05) is 16.9 Å². The Bertz CT molecular complexity index is 710. The molecule has 5 nitrogen and oxygen atoms in total. The molecular formula is C15H13N3O2. The maximum atomic E-state index is 12.2. The molecule has 0 fully saturated rings. The maximum absolute atomic E-state index is 12.2. The normalized spacial score (nSPS) is 12.8. The molecule has 2 aromatic rings. The fraction of sp³-hybridized carbons (Fsp3) is 0.133. The molecule has 0 spiro atoms. The zero-order valence-corrected chi connectivity index (χ0v) is 10.9. The largest absolute Gasteiger partial charge is 0.326 e. The van der Waals surface area contributed by atoms with E-state index in [2.05, 4.69) is 15.6 Å². The van der Waals surface area contributed by atoms with E-state index in [1.54, 1.807) is 24.3 Å². The summed E-state index contributed by atoms with van der Waals surface area (Å²) in [5, 5.41) is 5.48. The van der Waals surface area contributed by atoms with Crippen molar-refractivity contribution in [3.63, 3.8) is 0 Å². The minimum absolute atomic E-state index is 0.0436. The van der Waals surface area contributed by atoms with Crippen LogP contribution in [0.25, 0.3) is 0 Å². The lowest BCUT2D eigenvalue weighted by Crippen LogP contribution is -2.13. The molecule has 0 radical (unpaired) electrons. The van der Waals surface area contributed by atoms with Crippen LogP contribution in [0.4, 0.5) is 11.5 Å². The van der Waals surface area contributed by atoms with E-state index >= 15 is 0 Å². The fourth-order valence-electron chi connectivity index (χ4n) is 2.17. The minimum atomic E-state index is -0.231. The number of hydrogen-bond donors (Lipinski definition) is 2. The molecule has 0 saturated heterocycles. The molecule has 2 heterocycles. The third-order valence-corrected chi connectivity index (χ3v) is 3.12. The number of nitrogens with one attached hydrogen (secondary N) is 2. The van der Waals surface area contributed by atoms with E-state index in [4.69, 9.17) is 0 Å². The zero-order chi connectivity index (χ0) is 14.1. The summed E-state index contributed by atoms with van der Waals surface area (Å²) >= 11 is 0. The van der Waals surface area contributed by atoms with Crippen LogP contribution in [0.1, 0.15) is 21.6 Å². The van der Waals surface area contributed by atoms with E-state index in [1.165, 1.54) is 0 Å². The molecule has 20 heavy (non-hydrogen) atoms. The number of amides is 2. The van der Waals surface area contributed by atoms with Crippen LogP contribution in [-0.4, -0.2) is 16.8 Å². The Balaban J connectivity index is 1.81. The highest BCUT2D eigenvalue weighted by Crippen LogP contribution is 2.24. The summed E-state index contributed by atoms with van der Waals surface area (Å²) in [4.78, 5) is 27.7. The standard InChI is InChI=1S/C15H13N3O2/c1-9-3-2-4-13(16-9)18-15(20)10-5-6-12-11(7-10)8-14(19)17-12/h2-7H,8H2,1H3,(H,17,19)(H,16,18,20). The summed E-state index contributed by atoms with van der Waals surface area (Å²) in [7, 11) is 0. The van der Waals surface area contributed by atoms with Crippen molar-refractivity contribution in [1.29, 1.82) is 0 Å². The van der Waals surface area contributed by atoms with Crippen LogP contribution in [0.5, 0.6) is 0 Å². The summed E-state index contributed by atoms with van der Waals surface area (Å²) in [6, 6.07) is 10.6. The predicted octanol–water partition coefficient (Wildman–Crippen LogP) is 2.14. The van der Waals surface area contributed by atoms with E-state index in [0.717, 1.165) is 16.9 Å². The van der Waals surface area contributed by atoms with Crippen LogP contribution in [0, 0.1) is 6.92 Å². The van der Waals surface area contributed by atoms with Gasteiger partial charge in [0.2, 0.25) is 5.91 Å². The molecule has 0 aliphatic carbocycles. The van der Waals surface area contributed by atoms with Gasteiger partial charge >= 0.3 is 0 Å². The number of rotatable bonds is 2. The number of anilines is 2. The zero-order valence-electron chi connectivity index (χ0n) is 10.9. The van der Waals surface area contributed by atoms with Gasteiger partial charge in [-0.3, -0.25) is 9.59 Å². The Hall–Kier alpha value is -2.69. The third kappa shape index (κ3) is 2.38. The Morgan fingerprint density at radius 1 is 1.30 bits per heavy atom. The molecule has 2 N–H and O–H groups in total. The van der Waals surface area contributed by atoms with Gasteiger partial charge in [0.05, 0.1) is 6.42 Å². The van der Waals surface area contributed by atoms with E-state index in [0.29, 0.717) is 17.8 Å². The van der Waals surface area contributed by atoms with Crippen LogP contribution in [0.3, 0.4) is 0 Å². The average molecular weight is 267 g/mol. The van der Waals surface area contributed by atoms with Gasteiger partial charge < -0.3 is 10.6 Å². The molecule has 1 aliphatic heterocycles. The molecule has 2 amide bonds. The van der Waals surface area contributed by atoms with Crippen molar-refractivity contribution >= 4 is 23.3 Å². The van der Waals surface area contributed by atoms with Crippen molar-refractivity contribution < 1.29 is 9.59 Å². The molecule has 3 rings (SSSR count). The number of pyridine rings is 1. The number of carbonyl (C=O) groups is 2. The quantitative estimate of drug-likeness (QED) is 0.875.